The maximum atomic E-state index is 12.9. The molecule has 2 nitrogen and oxygen atoms in total. The fraction of sp³-hybridized carbons (Fsp3) is 0.500. The summed E-state index contributed by atoms with van der Waals surface area (Å²) in [5, 5.41) is 0. The zero-order valence-electron chi connectivity index (χ0n) is 13.2. The van der Waals surface area contributed by atoms with Crippen LogP contribution in [0.1, 0.15) is 45.6 Å². The van der Waals surface area contributed by atoms with Crippen molar-refractivity contribution in [2.24, 2.45) is 5.92 Å². The highest BCUT2D eigenvalue weighted by atomic mass is 16.2. The Morgan fingerprint density at radius 1 is 1.25 bits per heavy atom. The smallest absolute Gasteiger partial charge is 0.230 e. The lowest BCUT2D eigenvalue weighted by atomic mass is 9.84. The van der Waals surface area contributed by atoms with Gasteiger partial charge in [0.2, 0.25) is 5.91 Å². The standard InChI is InChI=1S/C18H27NO/c1-6-15(5)17(16-11-9-8-10-12-16)18(20)19(7-2)13-14(3)4/h8-12,15,17H,3,6-7,13H2,1-2,4-5H3. The van der Waals surface area contributed by atoms with E-state index in [1.165, 1.54) is 0 Å². The molecule has 2 heteroatoms. The Balaban J connectivity index is 3.04. The van der Waals surface area contributed by atoms with Crippen molar-refractivity contribution < 1.29 is 4.79 Å². The van der Waals surface area contributed by atoms with Crippen molar-refractivity contribution >= 4 is 5.91 Å². The van der Waals surface area contributed by atoms with Crippen LogP contribution in [-0.4, -0.2) is 23.9 Å². The predicted molar refractivity (Wildman–Crippen MR) is 85.7 cm³/mol. The number of carbonyl (C=O) groups excluding carboxylic acids is 1. The van der Waals surface area contributed by atoms with Crippen LogP contribution in [0.4, 0.5) is 0 Å². The molecule has 1 aromatic carbocycles. The molecule has 1 amide bonds. The summed E-state index contributed by atoms with van der Waals surface area (Å²) >= 11 is 0. The molecule has 0 bridgehead atoms. The zero-order chi connectivity index (χ0) is 15.1. The summed E-state index contributed by atoms with van der Waals surface area (Å²) < 4.78 is 0. The van der Waals surface area contributed by atoms with Crippen molar-refractivity contribution in [3.8, 4) is 0 Å². The maximum Gasteiger partial charge on any atom is 0.230 e. The highest BCUT2D eigenvalue weighted by molar-refractivity contribution is 5.84. The van der Waals surface area contributed by atoms with Crippen LogP contribution in [0.15, 0.2) is 42.5 Å². The third-order valence-electron chi connectivity index (χ3n) is 3.79. The number of amides is 1. The van der Waals surface area contributed by atoms with Gasteiger partial charge >= 0.3 is 0 Å². The second-order valence-corrected chi connectivity index (χ2v) is 5.58. The number of nitrogens with zero attached hydrogens (tertiary/aromatic N) is 1. The molecular formula is C18H27NO. The van der Waals surface area contributed by atoms with Crippen molar-refractivity contribution in [1.29, 1.82) is 0 Å². The monoisotopic (exact) mass is 273 g/mol. The van der Waals surface area contributed by atoms with E-state index in [2.05, 4.69) is 32.6 Å². The lowest BCUT2D eigenvalue weighted by Gasteiger charge is -2.30. The molecule has 2 unspecified atom stereocenters. The van der Waals surface area contributed by atoms with Gasteiger partial charge in [0.1, 0.15) is 0 Å². The van der Waals surface area contributed by atoms with Crippen molar-refractivity contribution in [2.75, 3.05) is 13.1 Å². The SMILES string of the molecule is C=C(C)CN(CC)C(=O)C(c1ccccc1)C(C)CC. The van der Waals surface area contributed by atoms with Gasteiger partial charge in [0.15, 0.2) is 0 Å². The summed E-state index contributed by atoms with van der Waals surface area (Å²) in [7, 11) is 0. The van der Waals surface area contributed by atoms with E-state index < -0.39 is 0 Å². The first kappa shape index (κ1) is 16.5. The lowest BCUT2D eigenvalue weighted by Crippen LogP contribution is -2.38. The van der Waals surface area contributed by atoms with Gasteiger partial charge in [-0.1, -0.05) is 62.8 Å². The van der Waals surface area contributed by atoms with Crippen LogP contribution in [-0.2, 0) is 4.79 Å². The summed E-state index contributed by atoms with van der Waals surface area (Å²) in [5.41, 5.74) is 2.14. The highest BCUT2D eigenvalue weighted by Gasteiger charge is 2.29. The van der Waals surface area contributed by atoms with Crippen LogP contribution in [0.25, 0.3) is 0 Å². The molecule has 0 saturated carbocycles. The second kappa shape index (κ2) is 7.88. The fourth-order valence-electron chi connectivity index (χ4n) is 2.48. The van der Waals surface area contributed by atoms with E-state index in [0.717, 1.165) is 24.1 Å². The van der Waals surface area contributed by atoms with Crippen molar-refractivity contribution in [3.63, 3.8) is 0 Å². The van der Waals surface area contributed by atoms with Gasteiger partial charge in [-0.3, -0.25) is 4.79 Å². The number of hydrogen-bond donors (Lipinski definition) is 0. The molecule has 0 aliphatic carbocycles. The van der Waals surface area contributed by atoms with Gasteiger partial charge in [-0.25, -0.2) is 0 Å². The molecule has 0 heterocycles. The third-order valence-corrected chi connectivity index (χ3v) is 3.79. The van der Waals surface area contributed by atoms with E-state index in [1.54, 1.807) is 0 Å². The molecule has 0 aromatic heterocycles. The molecule has 1 aromatic rings. The maximum absolute atomic E-state index is 12.9. The number of carbonyl (C=O) groups is 1. The molecule has 0 aliphatic rings. The molecule has 0 fully saturated rings. The molecule has 0 saturated heterocycles. The van der Waals surface area contributed by atoms with Crippen LogP contribution >= 0.6 is 0 Å². The van der Waals surface area contributed by atoms with Gasteiger partial charge in [-0.15, -0.1) is 0 Å². The van der Waals surface area contributed by atoms with E-state index in [1.807, 2.05) is 36.9 Å². The average molecular weight is 273 g/mol. The Kier molecular flexibility index (Phi) is 6.50. The number of benzene rings is 1. The average Bonchev–Trinajstić information content (AvgIpc) is 2.45. The minimum absolute atomic E-state index is 0.0551. The van der Waals surface area contributed by atoms with Gasteiger partial charge in [0.25, 0.3) is 0 Å². The first-order valence-electron chi connectivity index (χ1n) is 7.49. The van der Waals surface area contributed by atoms with Crippen LogP contribution in [0.3, 0.4) is 0 Å². The third kappa shape index (κ3) is 4.22. The molecule has 1 rings (SSSR count). The second-order valence-electron chi connectivity index (χ2n) is 5.58. The molecule has 20 heavy (non-hydrogen) atoms. The van der Waals surface area contributed by atoms with Gasteiger partial charge < -0.3 is 4.90 Å². The summed E-state index contributed by atoms with van der Waals surface area (Å²) in [6, 6.07) is 10.1. The predicted octanol–water partition coefficient (Wildman–Crippen LogP) is 4.24. The molecule has 0 aliphatic heterocycles. The first-order chi connectivity index (χ1) is 9.51. The largest absolute Gasteiger partial charge is 0.338 e. The van der Waals surface area contributed by atoms with Crippen LogP contribution in [0.5, 0.6) is 0 Å². The van der Waals surface area contributed by atoms with Crippen molar-refractivity contribution in [1.82, 2.24) is 4.90 Å². The topological polar surface area (TPSA) is 20.3 Å². The Bertz CT molecular complexity index is 438. The molecule has 0 N–H and O–H groups in total. The van der Waals surface area contributed by atoms with Crippen LogP contribution < -0.4 is 0 Å². The summed E-state index contributed by atoms with van der Waals surface area (Å²) in [6.45, 7) is 13.6. The van der Waals surface area contributed by atoms with E-state index in [0.29, 0.717) is 12.5 Å². The van der Waals surface area contributed by atoms with E-state index >= 15 is 0 Å². The molecule has 0 spiro atoms. The van der Waals surface area contributed by atoms with Crippen molar-refractivity contribution in [2.45, 2.75) is 40.0 Å². The highest BCUT2D eigenvalue weighted by Crippen LogP contribution is 2.29. The Morgan fingerprint density at radius 3 is 2.30 bits per heavy atom. The summed E-state index contributed by atoms with van der Waals surface area (Å²) in [4.78, 5) is 14.8. The minimum atomic E-state index is -0.0551. The Morgan fingerprint density at radius 2 is 1.85 bits per heavy atom. The Labute approximate surface area is 123 Å². The van der Waals surface area contributed by atoms with Crippen LogP contribution in [0.2, 0.25) is 0 Å². The zero-order valence-corrected chi connectivity index (χ0v) is 13.2. The van der Waals surface area contributed by atoms with Gasteiger partial charge in [-0.2, -0.15) is 0 Å². The number of likely N-dealkylation sites (N-methyl/N-ethyl adjacent to an activating group) is 1. The quantitative estimate of drug-likeness (QED) is 0.680. The number of hydrogen-bond acceptors (Lipinski definition) is 1. The van der Waals surface area contributed by atoms with Crippen molar-refractivity contribution in [3.05, 3.63) is 48.0 Å². The molecular weight excluding hydrogens is 246 g/mol. The van der Waals surface area contributed by atoms with Gasteiger partial charge in [-0.05, 0) is 25.3 Å². The normalized spacial score (nSPS) is 13.6. The van der Waals surface area contributed by atoms with Gasteiger partial charge in [0.05, 0.1) is 5.92 Å². The summed E-state index contributed by atoms with van der Waals surface area (Å²) in [6.07, 6.45) is 0.996. The Hall–Kier alpha value is -1.57. The summed E-state index contributed by atoms with van der Waals surface area (Å²) in [5.74, 6) is 0.501. The molecule has 2 atom stereocenters. The molecule has 110 valence electrons. The van der Waals surface area contributed by atoms with E-state index in [-0.39, 0.29) is 11.8 Å². The fourth-order valence-corrected chi connectivity index (χ4v) is 2.48. The minimum Gasteiger partial charge on any atom is -0.338 e. The molecule has 0 radical (unpaired) electrons. The lowest BCUT2D eigenvalue weighted by molar-refractivity contribution is -0.133. The van der Waals surface area contributed by atoms with Gasteiger partial charge in [0, 0.05) is 13.1 Å². The van der Waals surface area contributed by atoms with E-state index in [9.17, 15) is 4.79 Å². The van der Waals surface area contributed by atoms with Crippen LogP contribution in [0, 0.1) is 5.92 Å². The van der Waals surface area contributed by atoms with E-state index in [4.69, 9.17) is 0 Å². The first-order valence-corrected chi connectivity index (χ1v) is 7.49. The number of rotatable bonds is 7.